The van der Waals surface area contributed by atoms with E-state index in [0.29, 0.717) is 29.9 Å². The minimum atomic E-state index is -4.52. The summed E-state index contributed by atoms with van der Waals surface area (Å²) >= 11 is 0. The Labute approximate surface area is 209 Å². The molecule has 2 amide bonds. The van der Waals surface area contributed by atoms with Gasteiger partial charge in [0, 0.05) is 16.8 Å². The van der Waals surface area contributed by atoms with E-state index >= 15 is 0 Å². The predicted molar refractivity (Wildman–Crippen MR) is 132 cm³/mol. The normalized spacial score (nSPS) is 17.2. The number of aliphatic hydroxyl groups excluding tert-OH is 1. The van der Waals surface area contributed by atoms with E-state index < -0.39 is 29.9 Å². The smallest absolute Gasteiger partial charge is 0.416 e. The number of carbonyl (C=O) groups is 1. The summed E-state index contributed by atoms with van der Waals surface area (Å²) < 4.78 is 45.1. The van der Waals surface area contributed by atoms with E-state index in [1.165, 1.54) is 35.6 Å². The Balaban J connectivity index is 1.49. The number of amides is 2. The molecule has 1 aliphatic carbocycles. The van der Waals surface area contributed by atoms with Crippen molar-refractivity contribution in [2.45, 2.75) is 31.2 Å². The maximum atomic E-state index is 13.5. The largest absolute Gasteiger partial charge is 0.444 e. The van der Waals surface area contributed by atoms with Crippen molar-refractivity contribution < 1.29 is 27.5 Å². The number of oxazole rings is 1. The molecule has 5 rings (SSSR count). The van der Waals surface area contributed by atoms with Gasteiger partial charge in [0.05, 0.1) is 35.3 Å². The molecule has 4 N–H and O–H groups in total. The molecule has 0 bridgehead atoms. The third kappa shape index (κ3) is 4.98. The van der Waals surface area contributed by atoms with Crippen LogP contribution < -0.4 is 16.0 Å². The summed E-state index contributed by atoms with van der Waals surface area (Å²) in [6.45, 7) is 0. The van der Waals surface area contributed by atoms with Crippen molar-refractivity contribution in [3.05, 3.63) is 78.8 Å². The zero-order chi connectivity index (χ0) is 26.2. The van der Waals surface area contributed by atoms with Crippen molar-refractivity contribution in [3.8, 4) is 22.6 Å². The number of nitrogens with two attached hydrogens (primary N) is 1. The Kier molecular flexibility index (Phi) is 6.30. The van der Waals surface area contributed by atoms with Crippen molar-refractivity contribution in [1.82, 2.24) is 9.97 Å². The number of hydrogen-bond acceptors (Lipinski definition) is 6. The second kappa shape index (κ2) is 9.58. The lowest BCUT2D eigenvalue weighted by atomic mass is 9.87. The molecule has 0 aliphatic heterocycles. The summed E-state index contributed by atoms with van der Waals surface area (Å²) in [5.74, 6) is 0.560. The van der Waals surface area contributed by atoms with Crippen LogP contribution in [0.15, 0.2) is 77.7 Å². The average molecular weight is 509 g/mol. The van der Waals surface area contributed by atoms with Crippen molar-refractivity contribution in [2.75, 3.05) is 16.0 Å². The molecule has 8 nitrogen and oxygen atoms in total. The van der Waals surface area contributed by atoms with Gasteiger partial charge in [0.1, 0.15) is 0 Å². The number of alkyl halides is 3. The maximum absolute atomic E-state index is 13.5. The summed E-state index contributed by atoms with van der Waals surface area (Å²) in [4.78, 5) is 23.1. The van der Waals surface area contributed by atoms with Gasteiger partial charge in [0.15, 0.2) is 18.0 Å². The van der Waals surface area contributed by atoms with E-state index in [0.717, 1.165) is 12.1 Å². The Morgan fingerprint density at radius 1 is 1.08 bits per heavy atom. The van der Waals surface area contributed by atoms with Gasteiger partial charge < -0.3 is 20.6 Å². The highest BCUT2D eigenvalue weighted by Crippen LogP contribution is 2.36. The van der Waals surface area contributed by atoms with Gasteiger partial charge >= 0.3 is 12.2 Å². The number of carbonyl (C=O) groups excluding carboxylic acids is 1. The molecule has 190 valence electrons. The van der Waals surface area contributed by atoms with E-state index in [-0.39, 0.29) is 22.8 Å². The zero-order valence-electron chi connectivity index (χ0n) is 19.3. The summed E-state index contributed by atoms with van der Waals surface area (Å²) in [6, 6.07) is 13.4. The number of pyridine rings is 1. The van der Waals surface area contributed by atoms with E-state index in [4.69, 9.17) is 10.2 Å². The van der Waals surface area contributed by atoms with Crippen LogP contribution in [0.5, 0.6) is 0 Å². The minimum Gasteiger partial charge on any atom is -0.444 e. The van der Waals surface area contributed by atoms with Crippen LogP contribution in [0.4, 0.5) is 35.2 Å². The number of benzene rings is 2. The Hall–Kier alpha value is -4.38. The van der Waals surface area contributed by atoms with Gasteiger partial charge in [-0.1, -0.05) is 24.3 Å². The highest BCUT2D eigenvalue weighted by molar-refractivity contribution is 6.04. The number of nitrogens with zero attached hydrogens (tertiary/aromatic N) is 3. The first kappa shape index (κ1) is 24.3. The number of halogens is 3. The molecule has 1 saturated carbocycles. The van der Waals surface area contributed by atoms with Gasteiger partial charge in [-0.15, -0.1) is 0 Å². The second-order valence-corrected chi connectivity index (χ2v) is 8.65. The van der Waals surface area contributed by atoms with Gasteiger partial charge in [-0.25, -0.2) is 14.8 Å². The van der Waals surface area contributed by atoms with Crippen molar-refractivity contribution >= 4 is 23.2 Å². The third-order valence-corrected chi connectivity index (χ3v) is 6.20. The fraction of sp³-hybridized carbons (Fsp3) is 0.192. The van der Waals surface area contributed by atoms with Gasteiger partial charge in [0.25, 0.3) is 0 Å². The quantitative estimate of drug-likeness (QED) is 0.324. The van der Waals surface area contributed by atoms with Crippen LogP contribution in [0.1, 0.15) is 18.4 Å². The fourth-order valence-electron chi connectivity index (χ4n) is 4.13. The van der Waals surface area contributed by atoms with Gasteiger partial charge in [-0.05, 0) is 49.2 Å². The molecule has 11 heteroatoms. The van der Waals surface area contributed by atoms with Crippen LogP contribution in [0, 0.1) is 0 Å². The van der Waals surface area contributed by atoms with Crippen LogP contribution in [-0.4, -0.2) is 33.3 Å². The number of urea groups is 1. The molecule has 1 fully saturated rings. The highest BCUT2D eigenvalue weighted by Gasteiger charge is 2.39. The second-order valence-electron chi connectivity index (χ2n) is 8.65. The van der Waals surface area contributed by atoms with Crippen LogP contribution >= 0.6 is 0 Å². The number of nitrogen functional groups attached to an aromatic ring is 1. The summed E-state index contributed by atoms with van der Waals surface area (Å²) in [5, 5.41) is 13.2. The topological polar surface area (TPSA) is 118 Å². The highest BCUT2D eigenvalue weighted by atomic mass is 19.4. The molecule has 2 atom stereocenters. The van der Waals surface area contributed by atoms with Gasteiger partial charge in [0.2, 0.25) is 0 Å². The molecular weight excluding hydrogens is 487 g/mol. The van der Waals surface area contributed by atoms with Crippen LogP contribution in [0.25, 0.3) is 22.6 Å². The first-order valence-corrected chi connectivity index (χ1v) is 11.4. The first-order chi connectivity index (χ1) is 17.7. The van der Waals surface area contributed by atoms with Crippen LogP contribution in [0.3, 0.4) is 0 Å². The molecule has 2 aromatic carbocycles. The standard InChI is InChI=1S/C26H22F3N5O3/c27-26(28,29)17-5-1-3-15(11-17)20-8-7-19(30)24(33-20)34(21-9-10-22(21)35)25(36)32-18-6-2-4-16(12-18)23-13-31-14-37-23/h1-8,11-14,21-22,35H,9-10,30H2,(H,32,36)/t21?,22-/m1/s1. The zero-order valence-corrected chi connectivity index (χ0v) is 19.3. The van der Waals surface area contributed by atoms with Crippen molar-refractivity contribution in [1.29, 1.82) is 0 Å². The van der Waals surface area contributed by atoms with Crippen LogP contribution in [0.2, 0.25) is 0 Å². The predicted octanol–water partition coefficient (Wildman–Crippen LogP) is 5.57. The van der Waals surface area contributed by atoms with E-state index in [2.05, 4.69) is 15.3 Å². The number of aromatic nitrogens is 2. The molecule has 0 spiro atoms. The molecule has 1 unspecified atom stereocenters. The van der Waals surface area contributed by atoms with E-state index in [1.807, 2.05) is 0 Å². The fourth-order valence-corrected chi connectivity index (χ4v) is 4.13. The Morgan fingerprint density at radius 3 is 2.54 bits per heavy atom. The number of hydrogen-bond donors (Lipinski definition) is 3. The van der Waals surface area contributed by atoms with Crippen molar-refractivity contribution in [2.24, 2.45) is 0 Å². The number of rotatable bonds is 5. The van der Waals surface area contributed by atoms with Crippen molar-refractivity contribution in [3.63, 3.8) is 0 Å². The van der Waals surface area contributed by atoms with Gasteiger partial charge in [-0.2, -0.15) is 13.2 Å². The lowest BCUT2D eigenvalue weighted by Crippen LogP contribution is -2.55. The number of nitrogens with one attached hydrogen (secondary N) is 1. The molecule has 4 aromatic rings. The number of aliphatic hydroxyl groups is 1. The summed E-state index contributed by atoms with van der Waals surface area (Å²) in [7, 11) is 0. The van der Waals surface area contributed by atoms with E-state index in [9.17, 15) is 23.1 Å². The number of anilines is 3. The maximum Gasteiger partial charge on any atom is 0.416 e. The molecular formula is C26H22F3N5O3. The van der Waals surface area contributed by atoms with Gasteiger partial charge in [-0.3, -0.25) is 4.90 Å². The lowest BCUT2D eigenvalue weighted by molar-refractivity contribution is -0.137. The average Bonchev–Trinajstić information content (AvgIpc) is 3.42. The minimum absolute atomic E-state index is 0.0440. The molecule has 0 saturated heterocycles. The Morgan fingerprint density at radius 2 is 1.86 bits per heavy atom. The molecule has 2 aromatic heterocycles. The summed E-state index contributed by atoms with van der Waals surface area (Å²) in [5.41, 5.74) is 7.06. The molecule has 1 aliphatic rings. The first-order valence-electron chi connectivity index (χ1n) is 11.4. The SMILES string of the molecule is Nc1ccc(-c2cccc(C(F)(F)F)c2)nc1N(C(=O)Nc1cccc(-c2cnco2)c1)C1CC[C@H]1O. The molecule has 2 heterocycles. The lowest BCUT2D eigenvalue weighted by Gasteiger charge is -2.41. The molecule has 0 radical (unpaired) electrons. The Bertz CT molecular complexity index is 1430. The third-order valence-electron chi connectivity index (χ3n) is 6.20. The monoisotopic (exact) mass is 509 g/mol. The van der Waals surface area contributed by atoms with E-state index in [1.54, 1.807) is 30.5 Å². The summed E-state index contributed by atoms with van der Waals surface area (Å²) in [6.07, 6.45) is -1.49. The molecule has 37 heavy (non-hydrogen) atoms. The van der Waals surface area contributed by atoms with Crippen LogP contribution in [-0.2, 0) is 6.18 Å².